The molecule has 0 radical (unpaired) electrons. The van der Waals surface area contributed by atoms with E-state index in [1.807, 2.05) is 0 Å². The molecule has 0 atom stereocenters. The minimum Gasteiger partial charge on any atom is -0.505 e. The van der Waals surface area contributed by atoms with E-state index in [1.54, 1.807) is 0 Å². The van der Waals surface area contributed by atoms with Crippen LogP contribution in [0, 0.1) is 10.1 Å². The number of aromatic carboxylic acids is 1. The molecule has 0 aliphatic heterocycles. The van der Waals surface area contributed by atoms with Crippen molar-refractivity contribution in [1.29, 1.82) is 0 Å². The zero-order valence-electron chi connectivity index (χ0n) is 27.2. The smallest absolute Gasteiger partial charge is 0.505 e. The fourth-order valence-corrected chi connectivity index (χ4v) is 5.77. The number of nitro groups is 1. The molecule has 4 aromatic rings. The van der Waals surface area contributed by atoms with Crippen molar-refractivity contribution in [2.45, 2.75) is 14.7 Å². The predicted molar refractivity (Wildman–Crippen MR) is 158 cm³/mol. The van der Waals surface area contributed by atoms with Gasteiger partial charge in [-0.1, -0.05) is 0 Å². The molecule has 22 nitrogen and oxygen atoms in total. The molecule has 0 heterocycles. The number of carboxylic acid groups (broad SMARTS) is 1. The van der Waals surface area contributed by atoms with Gasteiger partial charge in [0, 0.05) is 40.0 Å². The molecule has 0 unspecified atom stereocenters. The first-order valence-corrected chi connectivity index (χ1v) is 16.3. The van der Waals surface area contributed by atoms with Gasteiger partial charge in [0.05, 0.1) is 15.5 Å². The molecule has 0 aromatic heterocycles. The van der Waals surface area contributed by atoms with Gasteiger partial charge in [-0.3, -0.25) is 23.8 Å². The molecule has 260 valence electrons. The third-order valence-corrected chi connectivity index (χ3v) is 8.72. The number of anilines is 1. The van der Waals surface area contributed by atoms with Crippen LogP contribution in [0.4, 0.5) is 34.1 Å². The topological polar surface area (TPSA) is 380 Å². The largest absolute Gasteiger partial charge is 1.00 e. The molecule has 0 aliphatic carbocycles. The van der Waals surface area contributed by atoms with Gasteiger partial charge < -0.3 is 26.2 Å². The third-order valence-electron chi connectivity index (χ3n) is 6.15. The molecule has 9 N–H and O–H groups in total. The van der Waals surface area contributed by atoms with Crippen LogP contribution in [-0.2, 0) is 47.4 Å². The Morgan fingerprint density at radius 1 is 0.660 bits per heavy atom. The summed E-state index contributed by atoms with van der Waals surface area (Å²) < 4.78 is 99.8. The quantitative estimate of drug-likeness (QED) is 0.0193. The maximum atomic E-state index is 12.3. The van der Waals surface area contributed by atoms with E-state index in [9.17, 15) is 74.2 Å². The summed E-state index contributed by atoms with van der Waals surface area (Å²) in [6.45, 7) is 0. The van der Waals surface area contributed by atoms with Crippen molar-refractivity contribution in [2.24, 2.45) is 20.5 Å². The number of carbonyl (C=O) groups is 1. The van der Waals surface area contributed by atoms with Crippen molar-refractivity contribution >= 4 is 81.2 Å². The Hall–Kier alpha value is -1.34. The standard InChI is InChI=1S/C23H16N6O16S3.Fe.4Na/c24-13-2-1-10-11(18(13)27-26-15-6-9(46(37,38)39)5-12(20(15)30)23(33)34)7-16(47(40,41)42)19(21(10)31)28-25-14-3-8(29(35)36)4-17(22(14)32)48(43,44)45;;;;;/h1-7,30-32H,24H2,(H,33,34)(H,37,38,39)(H,40,41,42)(H,43,44,45);;;;;/q;;4*+1. The maximum Gasteiger partial charge on any atom is 1.00 e. The molecule has 0 aliphatic rings. The Morgan fingerprint density at radius 2 is 1.17 bits per heavy atom. The van der Waals surface area contributed by atoms with E-state index in [1.165, 1.54) is 0 Å². The predicted octanol–water partition coefficient (Wildman–Crippen LogP) is -8.27. The maximum absolute atomic E-state index is 12.3. The second kappa shape index (κ2) is 20.2. The van der Waals surface area contributed by atoms with Gasteiger partial charge >= 0.3 is 124 Å². The zero-order chi connectivity index (χ0) is 36.1. The van der Waals surface area contributed by atoms with Crippen LogP contribution in [-0.4, -0.2) is 70.2 Å². The van der Waals surface area contributed by atoms with Gasteiger partial charge in [-0.05, 0) is 30.3 Å². The van der Waals surface area contributed by atoms with Gasteiger partial charge in [-0.2, -0.15) is 25.3 Å². The normalized spacial score (nSPS) is 11.5. The minimum atomic E-state index is -5.39. The van der Waals surface area contributed by atoms with Gasteiger partial charge in [-0.25, -0.2) is 4.79 Å². The van der Waals surface area contributed by atoms with Crippen molar-refractivity contribution in [1.82, 2.24) is 0 Å². The van der Waals surface area contributed by atoms with E-state index in [-0.39, 0.29) is 152 Å². The summed E-state index contributed by atoms with van der Waals surface area (Å²) in [5.74, 6) is -5.44. The van der Waals surface area contributed by atoms with Crippen LogP contribution in [0.25, 0.3) is 10.8 Å². The van der Waals surface area contributed by atoms with E-state index >= 15 is 0 Å². The minimum absolute atomic E-state index is 0. The van der Waals surface area contributed by atoms with Crippen LogP contribution in [0.15, 0.2) is 77.6 Å². The summed E-state index contributed by atoms with van der Waals surface area (Å²) in [6.07, 6.45) is 0. The monoisotopic (exact) mass is 876 g/mol. The number of carboxylic acids is 1. The summed E-state index contributed by atoms with van der Waals surface area (Å²) in [5, 5.41) is 65.3. The van der Waals surface area contributed by atoms with E-state index in [4.69, 9.17) is 5.73 Å². The van der Waals surface area contributed by atoms with Gasteiger partial charge in [0.25, 0.3) is 36.0 Å². The number of nitro benzene ring substituents is 1. The van der Waals surface area contributed by atoms with Crippen LogP contribution in [0.5, 0.6) is 17.2 Å². The summed E-state index contributed by atoms with van der Waals surface area (Å²) in [7, 11) is -15.7. The molecular formula is C23H16FeN6Na4O16S3+4. The van der Waals surface area contributed by atoms with Crippen LogP contribution in [0.2, 0.25) is 0 Å². The first kappa shape index (κ1) is 53.8. The Balaban J connectivity index is 0. The fraction of sp³-hybridized carbons (Fsp3) is 0. The number of phenolic OH excluding ortho intramolecular Hbond substituents is 2. The Labute approximate surface area is 396 Å². The molecule has 30 heteroatoms. The molecule has 0 saturated carbocycles. The number of nitrogens with zero attached hydrogens (tertiary/aromatic N) is 5. The summed E-state index contributed by atoms with van der Waals surface area (Å²) in [5.41, 5.74) is 0.0689. The Bertz CT molecular complexity index is 2510. The number of rotatable bonds is 9. The van der Waals surface area contributed by atoms with E-state index in [0.717, 1.165) is 12.1 Å². The first-order chi connectivity index (χ1) is 22.0. The number of hydrogen-bond acceptors (Lipinski definition) is 17. The summed E-state index contributed by atoms with van der Waals surface area (Å²) in [4.78, 5) is 18.0. The zero-order valence-corrected chi connectivity index (χ0v) is 38.8. The third kappa shape index (κ3) is 12.1. The van der Waals surface area contributed by atoms with Crippen molar-refractivity contribution < 1.29 is 204 Å². The number of non-ortho nitro benzene ring substituents is 1. The average Bonchev–Trinajstić information content (AvgIpc) is 2.95. The Kier molecular flexibility index (Phi) is 20.5. The van der Waals surface area contributed by atoms with Crippen LogP contribution in [0.3, 0.4) is 0 Å². The van der Waals surface area contributed by atoms with Crippen LogP contribution >= 0.6 is 0 Å². The van der Waals surface area contributed by atoms with Crippen molar-refractivity contribution in [3.63, 3.8) is 0 Å². The molecule has 0 amide bonds. The van der Waals surface area contributed by atoms with Crippen molar-refractivity contribution in [3.8, 4) is 17.2 Å². The number of fused-ring (bicyclic) bond motifs is 1. The van der Waals surface area contributed by atoms with E-state index in [2.05, 4.69) is 20.5 Å². The molecule has 4 rings (SSSR count). The van der Waals surface area contributed by atoms with Gasteiger partial charge in [-0.15, -0.1) is 20.5 Å². The van der Waals surface area contributed by atoms with Gasteiger partial charge in [0.15, 0.2) is 17.2 Å². The second-order valence-corrected chi connectivity index (χ2v) is 13.4. The number of phenols is 3. The van der Waals surface area contributed by atoms with E-state index < -0.39 is 113 Å². The summed E-state index contributed by atoms with van der Waals surface area (Å²) >= 11 is 0. The molecule has 0 bridgehead atoms. The SMILES string of the molecule is Nc1ccc2c(O)c(N=Nc3cc([N+](=O)[O-])cc(S(=O)(=O)O)c3O)c(S(=O)(=O)O)cc2c1N=Nc1cc(S(=O)(=O)O)cc(C(=O)O)c1O.[Fe].[Na+].[Na+].[Na+].[Na+]. The number of benzene rings is 4. The number of aromatic hydroxyl groups is 3. The Morgan fingerprint density at radius 3 is 1.64 bits per heavy atom. The molecule has 0 fully saturated rings. The van der Waals surface area contributed by atoms with Gasteiger partial charge in [0.2, 0.25) is 0 Å². The molecule has 0 spiro atoms. The average molecular weight is 876 g/mol. The van der Waals surface area contributed by atoms with Crippen LogP contribution in [0.1, 0.15) is 10.4 Å². The molecule has 4 aromatic carbocycles. The molecule has 53 heavy (non-hydrogen) atoms. The van der Waals surface area contributed by atoms with E-state index in [0.29, 0.717) is 24.3 Å². The second-order valence-electron chi connectivity index (χ2n) is 9.21. The number of nitrogen functional groups attached to an aromatic ring is 1. The molecule has 0 saturated heterocycles. The van der Waals surface area contributed by atoms with Gasteiger partial charge in [0.1, 0.15) is 38.1 Å². The fourth-order valence-electron chi connectivity index (χ4n) is 3.97. The van der Waals surface area contributed by atoms with Crippen molar-refractivity contribution in [2.75, 3.05) is 5.73 Å². The van der Waals surface area contributed by atoms with Crippen molar-refractivity contribution in [3.05, 3.63) is 58.1 Å². The van der Waals surface area contributed by atoms with Crippen LogP contribution < -0.4 is 124 Å². The first-order valence-electron chi connectivity index (χ1n) is 12.0. The number of nitrogens with two attached hydrogens (primary N) is 1. The molecular weight excluding hydrogens is 860 g/mol. The number of azo groups is 2. The summed E-state index contributed by atoms with van der Waals surface area (Å²) in [6, 6.07) is 4.43. The number of hydrogen-bond donors (Lipinski definition) is 8.